The van der Waals surface area contributed by atoms with Crippen LogP contribution in [0.3, 0.4) is 0 Å². The normalized spacial score (nSPS) is 19.1. The average molecular weight is 262 g/mol. The Bertz CT molecular complexity index is 440. The second kappa shape index (κ2) is 6.57. The van der Waals surface area contributed by atoms with Gasteiger partial charge in [-0.2, -0.15) is 0 Å². The minimum atomic E-state index is 0.0550. The number of benzene rings is 1. The summed E-state index contributed by atoms with van der Waals surface area (Å²) in [4.78, 5) is 11.9. The molecule has 0 aromatic heterocycles. The number of rotatable bonds is 4. The van der Waals surface area contributed by atoms with E-state index in [0.717, 1.165) is 30.8 Å². The number of aryl methyl sites for hydroxylation is 1. The number of anilines is 1. The van der Waals surface area contributed by atoms with Crippen LogP contribution in [0.15, 0.2) is 18.2 Å². The first-order valence-corrected chi connectivity index (χ1v) is 6.95. The van der Waals surface area contributed by atoms with Crippen molar-refractivity contribution in [2.75, 3.05) is 18.4 Å². The standard InChI is InChI=1S/C15H22N2O2/c1-11-9-13(18)5-6-14(11)17-15(19)7-4-12-3-2-8-16-10-12/h5-6,9,12,16,18H,2-4,7-8,10H2,1H3,(H,17,19). The minimum Gasteiger partial charge on any atom is -0.508 e. The monoisotopic (exact) mass is 262 g/mol. The highest BCUT2D eigenvalue weighted by Gasteiger charge is 2.14. The fraction of sp³-hybridized carbons (Fsp3) is 0.533. The number of aromatic hydroxyl groups is 1. The lowest BCUT2D eigenvalue weighted by Gasteiger charge is -2.22. The van der Waals surface area contributed by atoms with Gasteiger partial charge in [0.2, 0.25) is 5.91 Å². The van der Waals surface area contributed by atoms with Crippen LogP contribution in [0.1, 0.15) is 31.2 Å². The molecular formula is C15H22N2O2. The highest BCUT2D eigenvalue weighted by molar-refractivity contribution is 5.91. The molecule has 0 aliphatic carbocycles. The Labute approximate surface area is 114 Å². The largest absolute Gasteiger partial charge is 0.508 e. The van der Waals surface area contributed by atoms with Crippen molar-refractivity contribution in [3.05, 3.63) is 23.8 Å². The molecule has 4 nitrogen and oxygen atoms in total. The summed E-state index contributed by atoms with van der Waals surface area (Å²) in [5, 5.41) is 15.6. The Hall–Kier alpha value is -1.55. The molecule has 0 bridgehead atoms. The predicted molar refractivity (Wildman–Crippen MR) is 76.3 cm³/mol. The van der Waals surface area contributed by atoms with Crippen LogP contribution in [0, 0.1) is 12.8 Å². The molecule has 1 saturated heterocycles. The van der Waals surface area contributed by atoms with E-state index in [1.165, 1.54) is 12.8 Å². The fourth-order valence-electron chi connectivity index (χ4n) is 2.51. The Morgan fingerprint density at radius 1 is 1.53 bits per heavy atom. The highest BCUT2D eigenvalue weighted by Crippen LogP contribution is 2.21. The number of piperidine rings is 1. The molecule has 0 saturated carbocycles. The summed E-state index contributed by atoms with van der Waals surface area (Å²) in [6.07, 6.45) is 3.94. The number of amides is 1. The predicted octanol–water partition coefficient (Wildman–Crippen LogP) is 2.42. The lowest BCUT2D eigenvalue weighted by atomic mass is 9.94. The van der Waals surface area contributed by atoms with Gasteiger partial charge in [-0.1, -0.05) is 0 Å². The summed E-state index contributed by atoms with van der Waals surface area (Å²) in [5.74, 6) is 0.906. The van der Waals surface area contributed by atoms with E-state index in [4.69, 9.17) is 0 Å². The maximum Gasteiger partial charge on any atom is 0.224 e. The fourth-order valence-corrected chi connectivity index (χ4v) is 2.51. The van der Waals surface area contributed by atoms with E-state index < -0.39 is 0 Å². The van der Waals surface area contributed by atoms with Crippen LogP contribution in [0.25, 0.3) is 0 Å². The van der Waals surface area contributed by atoms with Gasteiger partial charge in [-0.15, -0.1) is 0 Å². The molecule has 2 rings (SSSR count). The third-order valence-electron chi connectivity index (χ3n) is 3.66. The zero-order chi connectivity index (χ0) is 13.7. The van der Waals surface area contributed by atoms with E-state index in [2.05, 4.69) is 10.6 Å². The third-order valence-corrected chi connectivity index (χ3v) is 3.66. The van der Waals surface area contributed by atoms with E-state index in [0.29, 0.717) is 12.3 Å². The van der Waals surface area contributed by atoms with Crippen molar-refractivity contribution in [2.45, 2.75) is 32.6 Å². The number of hydrogen-bond donors (Lipinski definition) is 3. The summed E-state index contributed by atoms with van der Waals surface area (Å²) in [6.45, 7) is 4.02. The molecule has 4 heteroatoms. The van der Waals surface area contributed by atoms with Gasteiger partial charge in [0.05, 0.1) is 0 Å². The van der Waals surface area contributed by atoms with E-state index in [1.807, 2.05) is 6.92 Å². The lowest BCUT2D eigenvalue weighted by Crippen LogP contribution is -2.30. The molecule has 1 heterocycles. The van der Waals surface area contributed by atoms with Gasteiger partial charge in [-0.25, -0.2) is 0 Å². The van der Waals surface area contributed by atoms with Gasteiger partial charge in [-0.05, 0) is 69.0 Å². The Morgan fingerprint density at radius 3 is 3.05 bits per heavy atom. The summed E-state index contributed by atoms with van der Waals surface area (Å²) < 4.78 is 0. The number of phenolic OH excluding ortho intramolecular Hbond substituents is 1. The van der Waals surface area contributed by atoms with Gasteiger partial charge >= 0.3 is 0 Å². The van der Waals surface area contributed by atoms with Crippen molar-refractivity contribution in [3.8, 4) is 5.75 Å². The quantitative estimate of drug-likeness (QED) is 0.730. The maximum atomic E-state index is 11.9. The van der Waals surface area contributed by atoms with E-state index in [1.54, 1.807) is 18.2 Å². The van der Waals surface area contributed by atoms with Gasteiger partial charge in [0.25, 0.3) is 0 Å². The number of carbonyl (C=O) groups is 1. The maximum absolute atomic E-state index is 11.9. The number of phenols is 1. The van der Waals surface area contributed by atoms with Crippen molar-refractivity contribution >= 4 is 11.6 Å². The molecule has 104 valence electrons. The SMILES string of the molecule is Cc1cc(O)ccc1NC(=O)CCC1CCCNC1. The van der Waals surface area contributed by atoms with E-state index in [9.17, 15) is 9.90 Å². The smallest absolute Gasteiger partial charge is 0.224 e. The molecule has 19 heavy (non-hydrogen) atoms. The van der Waals surface area contributed by atoms with Crippen LogP contribution >= 0.6 is 0 Å². The molecule has 1 aromatic rings. The van der Waals surface area contributed by atoms with Gasteiger partial charge in [-0.3, -0.25) is 4.79 Å². The summed E-state index contributed by atoms with van der Waals surface area (Å²) >= 11 is 0. The Balaban J connectivity index is 1.80. The topological polar surface area (TPSA) is 61.4 Å². The van der Waals surface area contributed by atoms with Gasteiger partial charge in [0.1, 0.15) is 5.75 Å². The van der Waals surface area contributed by atoms with Crippen molar-refractivity contribution in [3.63, 3.8) is 0 Å². The molecule has 1 aliphatic rings. The molecule has 1 amide bonds. The second-order valence-corrected chi connectivity index (χ2v) is 5.30. The summed E-state index contributed by atoms with van der Waals surface area (Å²) in [5.41, 5.74) is 1.66. The first kappa shape index (κ1) is 13.9. The minimum absolute atomic E-state index is 0.0550. The molecule has 1 unspecified atom stereocenters. The molecule has 1 fully saturated rings. The van der Waals surface area contributed by atoms with Crippen molar-refractivity contribution < 1.29 is 9.90 Å². The third kappa shape index (κ3) is 4.24. The second-order valence-electron chi connectivity index (χ2n) is 5.30. The zero-order valence-corrected chi connectivity index (χ0v) is 11.4. The Kier molecular flexibility index (Phi) is 4.80. The van der Waals surface area contributed by atoms with Crippen molar-refractivity contribution in [2.24, 2.45) is 5.92 Å². The van der Waals surface area contributed by atoms with Crippen LogP contribution in [-0.2, 0) is 4.79 Å². The first-order chi connectivity index (χ1) is 9.15. The van der Waals surface area contributed by atoms with Crippen molar-refractivity contribution in [1.82, 2.24) is 5.32 Å². The molecular weight excluding hydrogens is 240 g/mol. The molecule has 1 atom stereocenters. The summed E-state index contributed by atoms with van der Waals surface area (Å²) in [6, 6.07) is 4.99. The molecule has 0 radical (unpaired) electrons. The average Bonchev–Trinajstić information content (AvgIpc) is 2.41. The summed E-state index contributed by atoms with van der Waals surface area (Å²) in [7, 11) is 0. The van der Waals surface area contributed by atoms with Gasteiger partial charge in [0.15, 0.2) is 0 Å². The van der Waals surface area contributed by atoms with Crippen LogP contribution in [-0.4, -0.2) is 24.1 Å². The molecule has 1 aromatic carbocycles. The van der Waals surface area contributed by atoms with E-state index in [-0.39, 0.29) is 11.7 Å². The molecule has 1 aliphatic heterocycles. The lowest BCUT2D eigenvalue weighted by molar-refractivity contribution is -0.116. The Morgan fingerprint density at radius 2 is 2.37 bits per heavy atom. The van der Waals surface area contributed by atoms with Crippen LogP contribution < -0.4 is 10.6 Å². The number of hydrogen-bond acceptors (Lipinski definition) is 3. The number of carbonyl (C=O) groups excluding carboxylic acids is 1. The first-order valence-electron chi connectivity index (χ1n) is 6.95. The molecule has 0 spiro atoms. The zero-order valence-electron chi connectivity index (χ0n) is 11.4. The van der Waals surface area contributed by atoms with Gasteiger partial charge < -0.3 is 15.7 Å². The molecule has 3 N–H and O–H groups in total. The highest BCUT2D eigenvalue weighted by atomic mass is 16.3. The van der Waals surface area contributed by atoms with Crippen molar-refractivity contribution in [1.29, 1.82) is 0 Å². The van der Waals surface area contributed by atoms with Crippen LogP contribution in [0.4, 0.5) is 5.69 Å². The van der Waals surface area contributed by atoms with Gasteiger partial charge in [0, 0.05) is 12.1 Å². The van der Waals surface area contributed by atoms with E-state index >= 15 is 0 Å². The van der Waals surface area contributed by atoms with Crippen LogP contribution in [0.5, 0.6) is 5.75 Å². The number of nitrogens with one attached hydrogen (secondary N) is 2. The van der Waals surface area contributed by atoms with Crippen LogP contribution in [0.2, 0.25) is 0 Å².